The van der Waals surface area contributed by atoms with Crippen LogP contribution in [0.3, 0.4) is 0 Å². The molecule has 140 valence electrons. The zero-order chi connectivity index (χ0) is 18.8. The first-order chi connectivity index (χ1) is 13.1. The molecular weight excluding hydrogens is 404 g/mol. The molecule has 2 aromatic carbocycles. The van der Waals surface area contributed by atoms with Gasteiger partial charge in [-0.2, -0.15) is 0 Å². The molecule has 1 heterocycles. The van der Waals surface area contributed by atoms with Crippen LogP contribution in [-0.2, 0) is 11.3 Å². The molecule has 0 radical (unpaired) electrons. The molecule has 27 heavy (non-hydrogen) atoms. The van der Waals surface area contributed by atoms with Gasteiger partial charge in [-0.1, -0.05) is 46.3 Å². The maximum Gasteiger partial charge on any atom is 0.254 e. The first kappa shape index (κ1) is 18.2. The number of hydrogen-bond donors (Lipinski definition) is 0. The Bertz CT molecular complexity index is 835. The fourth-order valence-electron chi connectivity index (χ4n) is 3.81. The predicted octanol–water partition coefficient (Wildman–Crippen LogP) is 4.24. The molecule has 4 nitrogen and oxygen atoms in total. The van der Waals surface area contributed by atoms with Crippen LogP contribution in [0.2, 0.25) is 0 Å². The Kier molecular flexibility index (Phi) is 5.30. The summed E-state index contributed by atoms with van der Waals surface area (Å²) in [5, 5.41) is 0. The van der Waals surface area contributed by atoms with Crippen LogP contribution in [0.25, 0.3) is 0 Å². The largest absolute Gasteiger partial charge is 0.334 e. The average molecular weight is 427 g/mol. The minimum atomic E-state index is -0.342. The van der Waals surface area contributed by atoms with Gasteiger partial charge < -0.3 is 9.80 Å². The summed E-state index contributed by atoms with van der Waals surface area (Å²) in [5.41, 5.74) is 1.77. The van der Waals surface area contributed by atoms with E-state index in [9.17, 15) is 9.59 Å². The van der Waals surface area contributed by atoms with E-state index < -0.39 is 0 Å². The molecule has 1 saturated carbocycles. The van der Waals surface area contributed by atoms with Crippen LogP contribution in [0.1, 0.15) is 41.6 Å². The minimum Gasteiger partial charge on any atom is -0.334 e. The van der Waals surface area contributed by atoms with Crippen molar-refractivity contribution in [2.24, 2.45) is 0 Å². The normalized spacial score (nSPS) is 19.1. The van der Waals surface area contributed by atoms with Crippen LogP contribution in [0.15, 0.2) is 59.1 Å². The molecule has 1 saturated heterocycles. The number of hydrogen-bond acceptors (Lipinski definition) is 2. The van der Waals surface area contributed by atoms with Gasteiger partial charge in [-0.15, -0.1) is 0 Å². The number of carbonyl (C=O) groups excluding carboxylic acids is 2. The van der Waals surface area contributed by atoms with E-state index >= 15 is 0 Å². The van der Waals surface area contributed by atoms with Gasteiger partial charge in [0, 0.05) is 29.2 Å². The highest BCUT2D eigenvalue weighted by molar-refractivity contribution is 9.10. The Morgan fingerprint density at radius 1 is 1.04 bits per heavy atom. The fourth-order valence-corrected chi connectivity index (χ4v) is 4.26. The molecular formula is C22H23BrN2O2. The third kappa shape index (κ3) is 4.08. The predicted molar refractivity (Wildman–Crippen MR) is 108 cm³/mol. The van der Waals surface area contributed by atoms with Gasteiger partial charge in [0.2, 0.25) is 5.91 Å². The zero-order valence-electron chi connectivity index (χ0n) is 15.2. The second-order valence-corrected chi connectivity index (χ2v) is 8.27. The number of halogens is 1. The van der Waals surface area contributed by atoms with Gasteiger partial charge in [0.1, 0.15) is 6.04 Å². The molecule has 0 aromatic heterocycles. The molecule has 1 aliphatic carbocycles. The second-order valence-electron chi connectivity index (χ2n) is 7.35. The van der Waals surface area contributed by atoms with Gasteiger partial charge in [0.15, 0.2) is 0 Å². The van der Waals surface area contributed by atoms with E-state index in [1.165, 1.54) is 0 Å². The lowest BCUT2D eigenvalue weighted by atomic mass is 10.1. The van der Waals surface area contributed by atoms with Crippen molar-refractivity contribution in [3.05, 3.63) is 70.2 Å². The lowest BCUT2D eigenvalue weighted by Crippen LogP contribution is -2.48. The monoisotopic (exact) mass is 426 g/mol. The molecule has 2 aromatic rings. The maximum atomic E-state index is 13.4. The molecule has 1 aliphatic heterocycles. The van der Waals surface area contributed by atoms with E-state index in [0.717, 1.165) is 35.7 Å². The number of benzene rings is 2. The van der Waals surface area contributed by atoms with Crippen molar-refractivity contribution >= 4 is 27.7 Å². The van der Waals surface area contributed by atoms with E-state index in [2.05, 4.69) is 28.1 Å². The van der Waals surface area contributed by atoms with Crippen molar-refractivity contribution in [2.75, 3.05) is 6.54 Å². The number of amides is 2. The van der Waals surface area contributed by atoms with Gasteiger partial charge >= 0.3 is 0 Å². The summed E-state index contributed by atoms with van der Waals surface area (Å²) in [6.07, 6.45) is 3.74. The van der Waals surface area contributed by atoms with E-state index in [4.69, 9.17) is 0 Å². The van der Waals surface area contributed by atoms with Gasteiger partial charge in [-0.25, -0.2) is 0 Å². The molecule has 0 N–H and O–H groups in total. The van der Waals surface area contributed by atoms with Gasteiger partial charge in [-0.05, 0) is 55.5 Å². The van der Waals surface area contributed by atoms with Crippen LogP contribution in [0.4, 0.5) is 0 Å². The molecule has 1 unspecified atom stereocenters. The zero-order valence-corrected chi connectivity index (χ0v) is 16.8. The molecule has 1 atom stereocenters. The molecule has 5 heteroatoms. The highest BCUT2D eigenvalue weighted by Crippen LogP contribution is 2.32. The number of likely N-dealkylation sites (tertiary alicyclic amines) is 1. The van der Waals surface area contributed by atoms with Crippen LogP contribution >= 0.6 is 15.9 Å². The van der Waals surface area contributed by atoms with Crippen LogP contribution in [0, 0.1) is 0 Å². The molecule has 0 bridgehead atoms. The highest BCUT2D eigenvalue weighted by atomic mass is 79.9. The SMILES string of the molecule is O=C(C1CCCN1C(=O)c1ccccc1)N(Cc1cccc(Br)c1)C1CC1. The van der Waals surface area contributed by atoms with Crippen molar-refractivity contribution in [1.82, 2.24) is 9.80 Å². The van der Waals surface area contributed by atoms with Crippen molar-refractivity contribution in [3.63, 3.8) is 0 Å². The van der Waals surface area contributed by atoms with Crippen LogP contribution in [-0.4, -0.2) is 40.2 Å². The van der Waals surface area contributed by atoms with Crippen molar-refractivity contribution < 1.29 is 9.59 Å². The van der Waals surface area contributed by atoms with Crippen molar-refractivity contribution in [3.8, 4) is 0 Å². The smallest absolute Gasteiger partial charge is 0.254 e. The Balaban J connectivity index is 1.53. The average Bonchev–Trinajstić information content (AvgIpc) is 3.41. The van der Waals surface area contributed by atoms with Crippen molar-refractivity contribution in [1.29, 1.82) is 0 Å². The first-order valence-electron chi connectivity index (χ1n) is 9.54. The van der Waals surface area contributed by atoms with E-state index in [-0.39, 0.29) is 17.9 Å². The highest BCUT2D eigenvalue weighted by Gasteiger charge is 2.41. The molecule has 2 amide bonds. The first-order valence-corrected chi connectivity index (χ1v) is 10.3. The standard InChI is InChI=1S/C22H23BrN2O2/c23-18-9-4-6-16(14-18)15-25(19-11-12-19)22(27)20-10-5-13-24(20)21(26)17-7-2-1-3-8-17/h1-4,6-9,14,19-20H,5,10-13,15H2. The summed E-state index contributed by atoms with van der Waals surface area (Å²) in [6.45, 7) is 1.26. The van der Waals surface area contributed by atoms with E-state index in [1.807, 2.05) is 47.4 Å². The summed E-state index contributed by atoms with van der Waals surface area (Å²) in [4.78, 5) is 30.1. The summed E-state index contributed by atoms with van der Waals surface area (Å²) in [7, 11) is 0. The van der Waals surface area contributed by atoms with Crippen molar-refractivity contribution in [2.45, 2.75) is 44.3 Å². The van der Waals surface area contributed by atoms with Crippen LogP contribution in [0.5, 0.6) is 0 Å². The van der Waals surface area contributed by atoms with E-state index in [0.29, 0.717) is 24.7 Å². The Hall–Kier alpha value is -2.14. The molecule has 4 rings (SSSR count). The third-order valence-electron chi connectivity index (χ3n) is 5.33. The fraction of sp³-hybridized carbons (Fsp3) is 0.364. The molecule has 2 fully saturated rings. The summed E-state index contributed by atoms with van der Waals surface area (Å²) in [5.74, 6) is 0.0592. The summed E-state index contributed by atoms with van der Waals surface area (Å²) in [6, 6.07) is 17.3. The Morgan fingerprint density at radius 2 is 1.81 bits per heavy atom. The second kappa shape index (κ2) is 7.85. The number of carbonyl (C=O) groups is 2. The van der Waals surface area contributed by atoms with E-state index in [1.54, 1.807) is 4.90 Å². The molecule has 2 aliphatic rings. The van der Waals surface area contributed by atoms with Gasteiger partial charge in [0.25, 0.3) is 5.91 Å². The maximum absolute atomic E-state index is 13.4. The summed E-state index contributed by atoms with van der Waals surface area (Å²) < 4.78 is 1.02. The number of nitrogens with zero attached hydrogens (tertiary/aromatic N) is 2. The van der Waals surface area contributed by atoms with Gasteiger partial charge in [-0.3, -0.25) is 9.59 Å². The third-order valence-corrected chi connectivity index (χ3v) is 5.83. The number of rotatable bonds is 5. The molecule has 0 spiro atoms. The summed E-state index contributed by atoms with van der Waals surface area (Å²) >= 11 is 3.51. The lowest BCUT2D eigenvalue weighted by Gasteiger charge is -2.30. The minimum absolute atomic E-state index is 0.0374. The topological polar surface area (TPSA) is 40.6 Å². The Morgan fingerprint density at radius 3 is 2.52 bits per heavy atom. The quantitative estimate of drug-likeness (QED) is 0.716. The lowest BCUT2D eigenvalue weighted by molar-refractivity contribution is -0.136. The Labute approximate surface area is 168 Å². The van der Waals surface area contributed by atoms with Gasteiger partial charge in [0.05, 0.1) is 0 Å². The van der Waals surface area contributed by atoms with Crippen LogP contribution < -0.4 is 0 Å².